The Morgan fingerprint density at radius 1 is 1.42 bits per heavy atom. The smallest absolute Gasteiger partial charge is 0.227 e. The maximum Gasteiger partial charge on any atom is 0.227 e. The first-order valence-electron chi connectivity index (χ1n) is 6.23. The van der Waals surface area contributed by atoms with Gasteiger partial charge in [-0.1, -0.05) is 0 Å². The molecule has 0 atom stereocenters. The first kappa shape index (κ1) is 12.2. The van der Waals surface area contributed by atoms with E-state index in [0.717, 1.165) is 34.1 Å². The Bertz CT molecular complexity index is 635. The van der Waals surface area contributed by atoms with Gasteiger partial charge in [0, 0.05) is 23.2 Å². The second kappa shape index (κ2) is 4.66. The van der Waals surface area contributed by atoms with Gasteiger partial charge >= 0.3 is 0 Å². The monoisotopic (exact) mass is 273 g/mol. The first-order chi connectivity index (χ1) is 9.13. The molecule has 0 radical (unpaired) electrons. The minimum absolute atomic E-state index is 0.155. The van der Waals surface area contributed by atoms with Crippen LogP contribution in [-0.2, 0) is 17.8 Å². The number of aromatic nitrogens is 1. The summed E-state index contributed by atoms with van der Waals surface area (Å²) in [5.74, 6) is 0.155. The summed E-state index contributed by atoms with van der Waals surface area (Å²) in [6, 6.07) is 5.73. The average Bonchev–Trinajstić information content (AvgIpc) is 2.78. The molecule has 0 unspecified atom stereocenters. The van der Waals surface area contributed by atoms with Crippen LogP contribution in [0.15, 0.2) is 23.6 Å². The van der Waals surface area contributed by atoms with Gasteiger partial charge in [-0.15, -0.1) is 11.3 Å². The number of nitrogens with two attached hydrogens (primary N) is 1. The van der Waals surface area contributed by atoms with Gasteiger partial charge in [-0.2, -0.15) is 0 Å². The van der Waals surface area contributed by atoms with Crippen LogP contribution in [0.5, 0.6) is 0 Å². The lowest BCUT2D eigenvalue weighted by molar-refractivity contribution is -0.119. The van der Waals surface area contributed by atoms with Gasteiger partial charge in [0.05, 0.1) is 17.2 Å². The fraction of sp³-hybridized carbons (Fsp3) is 0.286. The molecular formula is C14H15N3OS. The topological polar surface area (TPSA) is 59.2 Å². The van der Waals surface area contributed by atoms with Crippen molar-refractivity contribution in [3.8, 4) is 0 Å². The van der Waals surface area contributed by atoms with Crippen molar-refractivity contribution in [3.05, 3.63) is 39.8 Å². The van der Waals surface area contributed by atoms with Gasteiger partial charge in [0.2, 0.25) is 5.91 Å². The number of hydrogen-bond donors (Lipinski definition) is 1. The van der Waals surface area contributed by atoms with Crippen molar-refractivity contribution in [2.45, 2.75) is 26.3 Å². The maximum absolute atomic E-state index is 12.1. The van der Waals surface area contributed by atoms with E-state index in [1.54, 1.807) is 11.3 Å². The summed E-state index contributed by atoms with van der Waals surface area (Å²) < 4.78 is 0. The Morgan fingerprint density at radius 3 is 3.00 bits per heavy atom. The number of rotatable bonds is 2. The third-order valence-corrected chi connectivity index (χ3v) is 4.11. The number of amides is 1. The quantitative estimate of drug-likeness (QED) is 0.855. The molecule has 98 valence electrons. The van der Waals surface area contributed by atoms with Crippen molar-refractivity contribution in [2.75, 3.05) is 10.6 Å². The van der Waals surface area contributed by atoms with Crippen molar-refractivity contribution in [1.82, 2.24) is 4.98 Å². The number of anilines is 2. The molecule has 0 fully saturated rings. The van der Waals surface area contributed by atoms with Gasteiger partial charge in [-0.05, 0) is 37.1 Å². The van der Waals surface area contributed by atoms with E-state index in [1.807, 2.05) is 35.4 Å². The predicted molar refractivity (Wildman–Crippen MR) is 77.2 cm³/mol. The highest BCUT2D eigenvalue weighted by Crippen LogP contribution is 2.30. The van der Waals surface area contributed by atoms with Crippen LogP contribution in [0.25, 0.3) is 0 Å². The molecule has 5 heteroatoms. The molecule has 0 saturated heterocycles. The number of nitrogens with zero attached hydrogens (tertiary/aromatic N) is 2. The van der Waals surface area contributed by atoms with Gasteiger partial charge in [0.1, 0.15) is 0 Å². The van der Waals surface area contributed by atoms with Gasteiger partial charge in [0.15, 0.2) is 0 Å². The number of carbonyl (C=O) groups is 1. The van der Waals surface area contributed by atoms with Gasteiger partial charge in [-0.3, -0.25) is 4.79 Å². The molecule has 2 heterocycles. The fourth-order valence-corrected chi connectivity index (χ4v) is 3.00. The molecule has 1 aliphatic rings. The maximum atomic E-state index is 12.1. The highest BCUT2D eigenvalue weighted by Gasteiger charge is 2.24. The number of nitrogen functional groups attached to an aromatic ring is 1. The zero-order valence-electron chi connectivity index (χ0n) is 10.7. The third kappa shape index (κ3) is 2.33. The van der Waals surface area contributed by atoms with Crippen LogP contribution < -0.4 is 10.6 Å². The van der Waals surface area contributed by atoms with Crippen LogP contribution in [0.2, 0.25) is 0 Å². The summed E-state index contributed by atoms with van der Waals surface area (Å²) in [6.07, 6.45) is 1.31. The number of aryl methyl sites for hydroxylation is 2. The number of carbonyl (C=O) groups excluding carboxylic acids is 1. The van der Waals surface area contributed by atoms with E-state index in [4.69, 9.17) is 5.73 Å². The van der Waals surface area contributed by atoms with E-state index >= 15 is 0 Å². The van der Waals surface area contributed by atoms with Gasteiger partial charge in [0.25, 0.3) is 0 Å². The lowest BCUT2D eigenvalue weighted by atomic mass is 10.0. The second-order valence-electron chi connectivity index (χ2n) is 4.73. The van der Waals surface area contributed by atoms with E-state index in [2.05, 4.69) is 4.98 Å². The molecule has 2 aromatic rings. The van der Waals surface area contributed by atoms with Crippen molar-refractivity contribution in [2.24, 2.45) is 0 Å². The Kier molecular flexibility index (Phi) is 2.98. The molecule has 19 heavy (non-hydrogen) atoms. The predicted octanol–water partition coefficient (Wildman–Crippen LogP) is 2.51. The normalized spacial score (nSPS) is 14.6. The molecule has 0 saturated carbocycles. The van der Waals surface area contributed by atoms with E-state index in [9.17, 15) is 4.79 Å². The Balaban J connectivity index is 1.94. The highest BCUT2D eigenvalue weighted by atomic mass is 32.1. The van der Waals surface area contributed by atoms with Crippen molar-refractivity contribution < 1.29 is 4.79 Å². The summed E-state index contributed by atoms with van der Waals surface area (Å²) in [6.45, 7) is 2.51. The van der Waals surface area contributed by atoms with Crippen LogP contribution in [0.1, 0.15) is 22.7 Å². The summed E-state index contributed by atoms with van der Waals surface area (Å²) in [5.41, 5.74) is 9.61. The lowest BCUT2D eigenvalue weighted by Gasteiger charge is -2.29. The van der Waals surface area contributed by atoms with Crippen LogP contribution in [0.3, 0.4) is 0 Å². The molecule has 1 aromatic carbocycles. The summed E-state index contributed by atoms with van der Waals surface area (Å²) >= 11 is 1.61. The Morgan fingerprint density at radius 2 is 2.26 bits per heavy atom. The van der Waals surface area contributed by atoms with E-state index in [1.165, 1.54) is 0 Å². The molecule has 4 nitrogen and oxygen atoms in total. The Hall–Kier alpha value is -1.88. The van der Waals surface area contributed by atoms with Crippen molar-refractivity contribution in [1.29, 1.82) is 0 Å². The number of thiazole rings is 1. The fourth-order valence-electron chi connectivity index (χ4n) is 2.40. The molecule has 0 spiro atoms. The second-order valence-corrected chi connectivity index (χ2v) is 5.79. The van der Waals surface area contributed by atoms with E-state index in [0.29, 0.717) is 13.0 Å². The van der Waals surface area contributed by atoms with Crippen molar-refractivity contribution >= 4 is 28.6 Å². The van der Waals surface area contributed by atoms with Crippen LogP contribution in [0, 0.1) is 6.92 Å². The SMILES string of the molecule is Cc1nc(CN2C(=O)CCc3cc(N)ccc32)cs1. The lowest BCUT2D eigenvalue weighted by Crippen LogP contribution is -2.34. The standard InChI is InChI=1S/C14H15N3OS/c1-9-16-12(8-19-9)7-17-13-4-3-11(15)6-10(13)2-5-14(17)18/h3-4,6,8H,2,5,7,15H2,1H3. The summed E-state index contributed by atoms with van der Waals surface area (Å²) in [5, 5.41) is 3.03. The third-order valence-electron chi connectivity index (χ3n) is 3.29. The van der Waals surface area contributed by atoms with E-state index in [-0.39, 0.29) is 5.91 Å². The minimum atomic E-state index is 0.155. The molecule has 0 aliphatic carbocycles. The number of fused-ring (bicyclic) bond motifs is 1. The zero-order chi connectivity index (χ0) is 13.4. The highest BCUT2D eigenvalue weighted by molar-refractivity contribution is 7.09. The van der Waals surface area contributed by atoms with Gasteiger partial charge < -0.3 is 10.6 Å². The molecule has 0 bridgehead atoms. The molecule has 3 rings (SSSR count). The van der Waals surface area contributed by atoms with Crippen LogP contribution in [0.4, 0.5) is 11.4 Å². The summed E-state index contributed by atoms with van der Waals surface area (Å²) in [7, 11) is 0. The summed E-state index contributed by atoms with van der Waals surface area (Å²) in [4.78, 5) is 18.4. The Labute approximate surface area is 115 Å². The molecule has 1 aromatic heterocycles. The van der Waals surface area contributed by atoms with Gasteiger partial charge in [-0.25, -0.2) is 4.98 Å². The molecular weight excluding hydrogens is 258 g/mol. The van der Waals surface area contributed by atoms with Crippen LogP contribution >= 0.6 is 11.3 Å². The molecule has 1 aliphatic heterocycles. The largest absolute Gasteiger partial charge is 0.399 e. The minimum Gasteiger partial charge on any atom is -0.399 e. The van der Waals surface area contributed by atoms with Crippen LogP contribution in [-0.4, -0.2) is 10.9 Å². The molecule has 1 amide bonds. The van der Waals surface area contributed by atoms with Crippen molar-refractivity contribution in [3.63, 3.8) is 0 Å². The van der Waals surface area contributed by atoms with E-state index < -0.39 is 0 Å². The zero-order valence-corrected chi connectivity index (χ0v) is 11.5. The first-order valence-corrected chi connectivity index (χ1v) is 7.11. The molecule has 2 N–H and O–H groups in total. The average molecular weight is 273 g/mol. The number of benzene rings is 1. The number of hydrogen-bond acceptors (Lipinski definition) is 4.